The molecule has 0 aliphatic carbocycles. The Balaban J connectivity index is 0.00000108. The quantitative estimate of drug-likeness (QED) is 0.413. The van der Waals surface area contributed by atoms with E-state index in [1.165, 1.54) is 28.8 Å². The van der Waals surface area contributed by atoms with Gasteiger partial charge in [-0.15, -0.1) is 0 Å². The van der Waals surface area contributed by atoms with Crippen molar-refractivity contribution in [3.8, 4) is 0 Å². The molecule has 3 heterocycles. The summed E-state index contributed by atoms with van der Waals surface area (Å²) in [7, 11) is 0. The second-order valence-corrected chi connectivity index (χ2v) is 7.75. The normalized spacial score (nSPS) is 21.6. The van der Waals surface area contributed by atoms with E-state index in [0.717, 1.165) is 16.2 Å². The summed E-state index contributed by atoms with van der Waals surface area (Å²) in [5, 5.41) is 2.91. The van der Waals surface area contributed by atoms with Gasteiger partial charge < -0.3 is 0 Å². The van der Waals surface area contributed by atoms with Crippen molar-refractivity contribution in [2.24, 2.45) is 0 Å². The maximum atomic E-state index is 4.29. The van der Waals surface area contributed by atoms with Gasteiger partial charge in [0.15, 0.2) is 0 Å². The summed E-state index contributed by atoms with van der Waals surface area (Å²) in [6, 6.07) is 5.40. The predicted octanol–water partition coefficient (Wildman–Crippen LogP) is 3.31. The summed E-state index contributed by atoms with van der Waals surface area (Å²) in [4.78, 5) is 4.29. The first-order valence-corrected chi connectivity index (χ1v) is 8.97. The number of hydrogen-bond donors (Lipinski definition) is 0. The van der Waals surface area contributed by atoms with E-state index in [4.69, 9.17) is 0 Å². The maximum absolute atomic E-state index is 4.29. The van der Waals surface area contributed by atoms with Crippen molar-refractivity contribution in [1.82, 2.24) is 9.38 Å². The molecule has 0 spiro atoms. The molecule has 0 N–H and O–H groups in total. The molecule has 2 aromatic rings. The molecule has 2 nitrogen and oxygen atoms in total. The van der Waals surface area contributed by atoms with Crippen molar-refractivity contribution in [2.45, 2.75) is 29.2 Å². The van der Waals surface area contributed by atoms with Crippen LogP contribution in [0.1, 0.15) is 24.3 Å². The van der Waals surface area contributed by atoms with Crippen LogP contribution < -0.4 is 0 Å². The van der Waals surface area contributed by atoms with Crippen molar-refractivity contribution < 1.29 is 20.4 Å². The van der Waals surface area contributed by atoms with Gasteiger partial charge in [0.1, 0.15) is 0 Å². The van der Waals surface area contributed by atoms with E-state index in [-0.39, 0.29) is 20.4 Å². The minimum Gasteiger partial charge on any atom is 0 e. The molecular formula is C12H12AsBrN2Re-. The van der Waals surface area contributed by atoms with E-state index in [9.17, 15) is 0 Å². The summed E-state index contributed by atoms with van der Waals surface area (Å²) in [6.45, 7) is 0. The Morgan fingerprint density at radius 1 is 1.41 bits per heavy atom. The summed E-state index contributed by atoms with van der Waals surface area (Å²) in [6.07, 6.45) is 6.75. The predicted molar refractivity (Wildman–Crippen MR) is 69.1 cm³/mol. The van der Waals surface area contributed by atoms with Crippen LogP contribution >= 0.6 is 15.9 Å². The third-order valence-electron chi connectivity index (χ3n) is 3.13. The topological polar surface area (TPSA) is 17.3 Å². The first-order chi connectivity index (χ1) is 7.84. The first kappa shape index (κ1) is 13.8. The van der Waals surface area contributed by atoms with Gasteiger partial charge in [-0.3, -0.25) is 0 Å². The summed E-state index contributed by atoms with van der Waals surface area (Å²) in [5.41, 5.74) is 2.32. The van der Waals surface area contributed by atoms with E-state index in [0.29, 0.717) is 15.8 Å². The number of rotatable bonds is 1. The molecule has 1 fully saturated rings. The monoisotopic (exact) mass is 525 g/mol. The molecule has 0 amide bonds. The standard InChI is InChI=1S/C12H12AsBrN2.Re/c14-11-7-15-12-2-1-10(8-16(11)12)9-3-5-13-6-4-9;/h2,7-9H,3-6H2;/q-1;. The van der Waals surface area contributed by atoms with Crippen molar-refractivity contribution in [3.05, 3.63) is 34.7 Å². The van der Waals surface area contributed by atoms with E-state index in [1.54, 1.807) is 0 Å². The fourth-order valence-electron chi connectivity index (χ4n) is 2.20. The van der Waals surface area contributed by atoms with Gasteiger partial charge >= 0.3 is 111 Å². The van der Waals surface area contributed by atoms with Gasteiger partial charge in [0, 0.05) is 20.4 Å². The number of fused-ring (bicyclic) bond motifs is 1. The van der Waals surface area contributed by atoms with E-state index in [1.807, 2.05) is 12.3 Å². The number of aromatic nitrogens is 2. The average molecular weight is 525 g/mol. The van der Waals surface area contributed by atoms with Gasteiger partial charge in [-0.25, -0.2) is 0 Å². The second kappa shape index (κ2) is 6.02. The molecule has 17 heavy (non-hydrogen) atoms. The third kappa shape index (κ3) is 2.87. The van der Waals surface area contributed by atoms with Crippen molar-refractivity contribution in [2.75, 3.05) is 0 Å². The van der Waals surface area contributed by atoms with Gasteiger partial charge in [0.2, 0.25) is 0 Å². The Hall–Kier alpha value is 0.391. The molecular weight excluding hydrogens is 513 g/mol. The van der Waals surface area contributed by atoms with Crippen LogP contribution in [0.5, 0.6) is 0 Å². The summed E-state index contributed by atoms with van der Waals surface area (Å²) < 4.78 is 3.13. The van der Waals surface area contributed by atoms with Crippen molar-refractivity contribution >= 4 is 37.3 Å². The Labute approximate surface area is 130 Å². The van der Waals surface area contributed by atoms with Crippen LogP contribution in [0.25, 0.3) is 5.65 Å². The van der Waals surface area contributed by atoms with Crippen LogP contribution in [0.3, 0.4) is 0 Å². The van der Waals surface area contributed by atoms with E-state index in [2.05, 4.69) is 37.6 Å². The largest absolute Gasteiger partial charge is 0 e. The van der Waals surface area contributed by atoms with Gasteiger partial charge in [-0.1, -0.05) is 0 Å². The fourth-order valence-corrected chi connectivity index (χ4v) is 5.13. The van der Waals surface area contributed by atoms with Gasteiger partial charge in [0.05, 0.1) is 0 Å². The van der Waals surface area contributed by atoms with Gasteiger partial charge in [-0.2, -0.15) is 0 Å². The zero-order valence-electron chi connectivity index (χ0n) is 9.24. The Kier molecular flexibility index (Phi) is 4.89. The summed E-state index contributed by atoms with van der Waals surface area (Å²) in [5.74, 6) is 0.725. The van der Waals surface area contributed by atoms with Crippen LogP contribution in [-0.4, -0.2) is 25.1 Å². The molecule has 0 aromatic carbocycles. The zero-order valence-corrected chi connectivity index (χ0v) is 15.4. The third-order valence-corrected chi connectivity index (χ3v) is 6.12. The van der Waals surface area contributed by atoms with Crippen LogP contribution in [0.2, 0.25) is 10.4 Å². The molecule has 0 atom stereocenters. The van der Waals surface area contributed by atoms with Crippen LogP contribution in [0.4, 0.5) is 0 Å². The Bertz CT molecular complexity index is 508. The molecule has 2 radical (unpaired) electrons. The Morgan fingerprint density at radius 2 is 2.18 bits per heavy atom. The Morgan fingerprint density at radius 3 is 2.94 bits per heavy atom. The molecule has 90 valence electrons. The second-order valence-electron chi connectivity index (χ2n) is 4.13. The smallest absolute Gasteiger partial charge is 0 e. The minimum absolute atomic E-state index is 0. The molecule has 1 saturated heterocycles. The molecule has 0 saturated carbocycles. The molecule has 1 aliphatic heterocycles. The summed E-state index contributed by atoms with van der Waals surface area (Å²) >= 11 is 4.17. The maximum Gasteiger partial charge on any atom is 0 e. The van der Waals surface area contributed by atoms with Gasteiger partial charge in [0.25, 0.3) is 0 Å². The molecule has 2 aromatic heterocycles. The van der Waals surface area contributed by atoms with Crippen molar-refractivity contribution in [1.29, 1.82) is 0 Å². The molecule has 3 rings (SSSR count). The van der Waals surface area contributed by atoms with Crippen LogP contribution in [0.15, 0.2) is 23.1 Å². The SMILES string of the molecule is Brc1cnc2c[c-]c(C3CC[As]CC3)cn12.[Re]. The number of nitrogens with zero attached hydrogens (tertiary/aromatic N) is 2. The van der Waals surface area contributed by atoms with Crippen LogP contribution in [-0.2, 0) is 20.4 Å². The number of halogens is 1. The molecule has 0 bridgehead atoms. The molecule has 0 unspecified atom stereocenters. The molecule has 1 aliphatic rings. The van der Waals surface area contributed by atoms with Gasteiger partial charge in [-0.05, 0) is 0 Å². The number of hydrogen-bond acceptors (Lipinski definition) is 1. The van der Waals surface area contributed by atoms with E-state index < -0.39 is 0 Å². The number of pyridine rings is 1. The average Bonchev–Trinajstić information content (AvgIpc) is 2.72. The van der Waals surface area contributed by atoms with Crippen LogP contribution in [0, 0.1) is 6.07 Å². The van der Waals surface area contributed by atoms with E-state index >= 15 is 0 Å². The number of imidazole rings is 1. The van der Waals surface area contributed by atoms with Crippen molar-refractivity contribution in [3.63, 3.8) is 0 Å². The first-order valence-electron chi connectivity index (χ1n) is 5.52. The molecule has 5 heteroatoms. The fraction of sp³-hybridized carbons (Fsp3) is 0.417. The minimum atomic E-state index is 0. The zero-order chi connectivity index (χ0) is 11.0.